The molecule has 1 aliphatic rings. The van der Waals surface area contributed by atoms with Gasteiger partial charge in [0.05, 0.1) is 7.11 Å². The molecule has 0 fully saturated rings. The van der Waals surface area contributed by atoms with Crippen molar-refractivity contribution in [1.29, 1.82) is 0 Å². The molecule has 0 spiro atoms. The Hall–Kier alpha value is -2.57. The first-order valence-corrected chi connectivity index (χ1v) is 7.00. The number of hydrogen-bond acceptors (Lipinski definition) is 6. The first-order valence-electron chi connectivity index (χ1n) is 7.00. The molecule has 0 saturated carbocycles. The van der Waals surface area contributed by atoms with Gasteiger partial charge in [-0.05, 0) is 6.92 Å². The van der Waals surface area contributed by atoms with Crippen LogP contribution in [0.2, 0.25) is 0 Å². The zero-order valence-corrected chi connectivity index (χ0v) is 12.6. The van der Waals surface area contributed by atoms with Crippen molar-refractivity contribution in [3.8, 4) is 17.2 Å². The second-order valence-electron chi connectivity index (χ2n) is 5.36. The second-order valence-corrected chi connectivity index (χ2v) is 5.36. The number of aliphatic hydroxyl groups excluding tert-OH is 1. The smallest absolute Gasteiger partial charge is 0.268 e. The number of benzene rings is 2. The minimum Gasteiger partial charge on any atom is -0.507 e. The molecule has 2 aromatic carbocycles. The quantitative estimate of drug-likeness (QED) is 0.777. The molecule has 0 amide bonds. The molecule has 6 heteroatoms. The van der Waals surface area contributed by atoms with E-state index in [2.05, 4.69) is 0 Å². The first kappa shape index (κ1) is 15.3. The van der Waals surface area contributed by atoms with Gasteiger partial charge in [-0.25, -0.2) is 0 Å². The highest BCUT2D eigenvalue weighted by Gasteiger charge is 2.51. The standard InChI is InChI=1S/C17H16O6/c1-9-12(22-2)8-11(18)13-14(19)16(20)17(21,23-15(9)13)10-6-4-3-5-7-10/h3-8,16,18,20-21H,1-2H3/t16-,17-/m1/s1. The van der Waals surface area contributed by atoms with Crippen LogP contribution in [0.25, 0.3) is 0 Å². The Kier molecular flexibility index (Phi) is 3.50. The minimum atomic E-state index is -2.24. The van der Waals surface area contributed by atoms with Gasteiger partial charge < -0.3 is 24.8 Å². The van der Waals surface area contributed by atoms with Crippen LogP contribution < -0.4 is 9.47 Å². The highest BCUT2D eigenvalue weighted by molar-refractivity contribution is 6.06. The summed E-state index contributed by atoms with van der Waals surface area (Å²) in [5.74, 6) is -3.14. The van der Waals surface area contributed by atoms with Gasteiger partial charge in [-0.15, -0.1) is 0 Å². The maximum Gasteiger partial charge on any atom is 0.268 e. The van der Waals surface area contributed by atoms with Crippen LogP contribution in [-0.2, 0) is 5.79 Å². The predicted octanol–water partition coefficient (Wildman–Crippen LogP) is 1.49. The van der Waals surface area contributed by atoms with E-state index in [1.54, 1.807) is 25.1 Å². The zero-order chi connectivity index (χ0) is 16.8. The van der Waals surface area contributed by atoms with E-state index in [9.17, 15) is 20.1 Å². The lowest BCUT2D eigenvalue weighted by Crippen LogP contribution is -2.52. The van der Waals surface area contributed by atoms with Crippen LogP contribution in [-0.4, -0.2) is 34.3 Å². The fourth-order valence-electron chi connectivity index (χ4n) is 2.72. The number of carbonyl (C=O) groups excluding carboxylic acids is 1. The van der Waals surface area contributed by atoms with Gasteiger partial charge in [0.15, 0.2) is 6.10 Å². The molecule has 120 valence electrons. The summed E-state index contributed by atoms with van der Waals surface area (Å²) in [7, 11) is 1.41. The number of ether oxygens (including phenoxy) is 2. The molecule has 0 unspecified atom stereocenters. The summed E-state index contributed by atoms with van der Waals surface area (Å²) in [6, 6.07) is 9.39. The van der Waals surface area contributed by atoms with Gasteiger partial charge in [0.2, 0.25) is 5.78 Å². The van der Waals surface area contributed by atoms with E-state index in [0.717, 1.165) is 0 Å². The summed E-state index contributed by atoms with van der Waals surface area (Å²) in [5.41, 5.74) is 0.500. The van der Waals surface area contributed by atoms with E-state index >= 15 is 0 Å². The number of methoxy groups -OCH3 is 1. The van der Waals surface area contributed by atoms with Crippen molar-refractivity contribution in [3.05, 3.63) is 53.1 Å². The zero-order valence-electron chi connectivity index (χ0n) is 12.6. The largest absolute Gasteiger partial charge is 0.507 e. The van der Waals surface area contributed by atoms with Gasteiger partial charge in [0, 0.05) is 17.2 Å². The van der Waals surface area contributed by atoms with Crippen molar-refractivity contribution in [2.45, 2.75) is 18.8 Å². The Bertz CT molecular complexity index is 770. The number of Topliss-reactive ketones (excluding diaryl/α,β-unsaturated/α-hetero) is 1. The van der Waals surface area contributed by atoms with Crippen molar-refractivity contribution < 1.29 is 29.6 Å². The fraction of sp³-hybridized carbons (Fsp3) is 0.235. The van der Waals surface area contributed by atoms with Crippen LogP contribution in [0.15, 0.2) is 36.4 Å². The lowest BCUT2D eigenvalue weighted by atomic mass is 9.88. The Morgan fingerprint density at radius 3 is 2.52 bits per heavy atom. The molecule has 1 heterocycles. The fourth-order valence-corrected chi connectivity index (χ4v) is 2.72. The number of fused-ring (bicyclic) bond motifs is 1. The molecule has 0 radical (unpaired) electrons. The van der Waals surface area contributed by atoms with Crippen LogP contribution in [0.4, 0.5) is 0 Å². The molecule has 23 heavy (non-hydrogen) atoms. The maximum atomic E-state index is 12.5. The van der Waals surface area contributed by atoms with E-state index < -0.39 is 17.7 Å². The number of phenolic OH excluding ortho intramolecular Hbond substituents is 1. The molecule has 3 N–H and O–H groups in total. The third-order valence-electron chi connectivity index (χ3n) is 3.99. The number of aliphatic hydroxyl groups is 2. The van der Waals surface area contributed by atoms with Crippen LogP contribution in [0, 0.1) is 6.92 Å². The third-order valence-corrected chi connectivity index (χ3v) is 3.99. The first-order chi connectivity index (χ1) is 10.9. The van der Waals surface area contributed by atoms with Crippen LogP contribution in [0.5, 0.6) is 17.2 Å². The molecule has 0 saturated heterocycles. The van der Waals surface area contributed by atoms with Gasteiger partial charge in [-0.2, -0.15) is 0 Å². The lowest BCUT2D eigenvalue weighted by molar-refractivity contribution is -0.204. The average Bonchev–Trinajstić information content (AvgIpc) is 2.56. The number of phenols is 1. The maximum absolute atomic E-state index is 12.5. The SMILES string of the molecule is COc1cc(O)c2c(c1C)O[C@](O)(c1ccccc1)[C@H](O)C2=O. The number of aromatic hydroxyl groups is 1. The van der Waals surface area contributed by atoms with Crippen molar-refractivity contribution in [2.75, 3.05) is 7.11 Å². The van der Waals surface area contributed by atoms with Crippen molar-refractivity contribution in [1.82, 2.24) is 0 Å². The molecule has 6 nitrogen and oxygen atoms in total. The number of carbonyl (C=O) groups is 1. The van der Waals surface area contributed by atoms with Crippen LogP contribution >= 0.6 is 0 Å². The third kappa shape index (κ3) is 2.15. The Labute approximate surface area is 132 Å². The lowest BCUT2D eigenvalue weighted by Gasteiger charge is -2.38. The summed E-state index contributed by atoms with van der Waals surface area (Å²) in [6.45, 7) is 1.63. The summed E-state index contributed by atoms with van der Waals surface area (Å²) in [5, 5.41) is 31.1. The summed E-state index contributed by atoms with van der Waals surface area (Å²) < 4.78 is 10.7. The minimum absolute atomic E-state index is 0.0106. The Morgan fingerprint density at radius 1 is 1.26 bits per heavy atom. The van der Waals surface area contributed by atoms with Gasteiger partial charge in [0.25, 0.3) is 5.79 Å². The molecule has 3 rings (SSSR count). The number of ketones is 1. The Balaban J connectivity index is 2.23. The predicted molar refractivity (Wildman–Crippen MR) is 80.7 cm³/mol. The van der Waals surface area contributed by atoms with Gasteiger partial charge >= 0.3 is 0 Å². The summed E-state index contributed by atoms with van der Waals surface area (Å²) >= 11 is 0. The van der Waals surface area contributed by atoms with E-state index in [4.69, 9.17) is 9.47 Å². The topological polar surface area (TPSA) is 96.2 Å². The molecule has 2 aromatic rings. The van der Waals surface area contributed by atoms with E-state index in [0.29, 0.717) is 11.3 Å². The second kappa shape index (κ2) is 5.26. The highest BCUT2D eigenvalue weighted by Crippen LogP contribution is 2.46. The highest BCUT2D eigenvalue weighted by atomic mass is 16.6. The van der Waals surface area contributed by atoms with Crippen molar-refractivity contribution in [2.24, 2.45) is 0 Å². The van der Waals surface area contributed by atoms with Crippen molar-refractivity contribution in [3.63, 3.8) is 0 Å². The van der Waals surface area contributed by atoms with E-state index in [-0.39, 0.29) is 22.6 Å². The summed E-state index contributed by atoms with van der Waals surface area (Å²) in [6.07, 6.45) is -1.86. The normalized spacial score (nSPS) is 23.1. The summed E-state index contributed by atoms with van der Waals surface area (Å²) in [4.78, 5) is 12.5. The molecule has 2 atom stereocenters. The molecule has 0 bridgehead atoms. The van der Waals surface area contributed by atoms with Gasteiger partial charge in [-0.1, -0.05) is 30.3 Å². The van der Waals surface area contributed by atoms with Gasteiger partial charge in [0.1, 0.15) is 22.8 Å². The Morgan fingerprint density at radius 2 is 1.91 bits per heavy atom. The van der Waals surface area contributed by atoms with Crippen molar-refractivity contribution >= 4 is 5.78 Å². The van der Waals surface area contributed by atoms with E-state index in [1.807, 2.05) is 0 Å². The molecular formula is C17H16O6. The number of rotatable bonds is 2. The van der Waals surface area contributed by atoms with Crippen LogP contribution in [0.1, 0.15) is 21.5 Å². The molecular weight excluding hydrogens is 300 g/mol. The molecule has 0 aliphatic carbocycles. The molecule has 1 aliphatic heterocycles. The average molecular weight is 316 g/mol. The monoisotopic (exact) mass is 316 g/mol. The van der Waals surface area contributed by atoms with Crippen LogP contribution in [0.3, 0.4) is 0 Å². The molecule has 0 aromatic heterocycles. The van der Waals surface area contributed by atoms with E-state index in [1.165, 1.54) is 25.3 Å². The van der Waals surface area contributed by atoms with Gasteiger partial charge in [-0.3, -0.25) is 4.79 Å². The number of hydrogen-bond donors (Lipinski definition) is 3.